The van der Waals surface area contributed by atoms with E-state index >= 15 is 0 Å². The Kier molecular flexibility index (Phi) is 1.30. The molecule has 0 aromatic rings. The average molecular weight is 163 g/mol. The van der Waals surface area contributed by atoms with Gasteiger partial charge >= 0.3 is 0 Å². The number of rotatable bonds is 1. The fraction of sp³-hybridized carbons (Fsp3) is 0.700. The van der Waals surface area contributed by atoms with Gasteiger partial charge in [0.1, 0.15) is 5.41 Å². The Labute approximate surface area is 72.5 Å². The van der Waals surface area contributed by atoms with Crippen LogP contribution in [0.1, 0.15) is 32.1 Å². The summed E-state index contributed by atoms with van der Waals surface area (Å²) >= 11 is 0. The molecular formula is C10H13NO. The van der Waals surface area contributed by atoms with Crippen molar-refractivity contribution in [3.63, 3.8) is 0 Å². The summed E-state index contributed by atoms with van der Waals surface area (Å²) in [6.45, 7) is 0. The molecule has 64 valence electrons. The molecule has 2 saturated carbocycles. The van der Waals surface area contributed by atoms with Gasteiger partial charge in [-0.2, -0.15) is 0 Å². The van der Waals surface area contributed by atoms with Crippen molar-refractivity contribution in [1.82, 2.24) is 0 Å². The van der Waals surface area contributed by atoms with E-state index in [9.17, 15) is 4.79 Å². The van der Waals surface area contributed by atoms with Gasteiger partial charge in [0.05, 0.1) is 0 Å². The van der Waals surface area contributed by atoms with Gasteiger partial charge in [0, 0.05) is 0 Å². The van der Waals surface area contributed by atoms with Crippen LogP contribution in [0.5, 0.6) is 0 Å². The molecule has 2 nitrogen and oxygen atoms in total. The molecule has 2 aliphatic rings. The first-order valence-corrected chi connectivity index (χ1v) is 4.40. The van der Waals surface area contributed by atoms with Gasteiger partial charge in [0.25, 0.3) is 0 Å². The van der Waals surface area contributed by atoms with Gasteiger partial charge in [0.2, 0.25) is 5.91 Å². The minimum atomic E-state index is -0.601. The molecule has 2 heteroatoms. The number of carbonyl (C=O) groups is 1. The van der Waals surface area contributed by atoms with Crippen molar-refractivity contribution < 1.29 is 4.79 Å². The van der Waals surface area contributed by atoms with Gasteiger partial charge < -0.3 is 5.73 Å². The van der Waals surface area contributed by atoms with E-state index in [0.29, 0.717) is 5.41 Å². The van der Waals surface area contributed by atoms with E-state index in [1.165, 1.54) is 12.8 Å². The van der Waals surface area contributed by atoms with Gasteiger partial charge in [-0.1, -0.05) is 5.92 Å². The van der Waals surface area contributed by atoms with Crippen LogP contribution in [0.15, 0.2) is 0 Å². The largest absolute Gasteiger partial charge is 0.368 e. The molecule has 0 unspecified atom stereocenters. The lowest BCUT2D eigenvalue weighted by atomic mass is 9.85. The number of terminal acetylenes is 1. The fourth-order valence-corrected chi connectivity index (χ4v) is 2.30. The first kappa shape index (κ1) is 7.67. The van der Waals surface area contributed by atoms with Crippen molar-refractivity contribution in [2.75, 3.05) is 0 Å². The average Bonchev–Trinajstić information content (AvgIpc) is 2.64. The van der Waals surface area contributed by atoms with Crippen LogP contribution in [0.3, 0.4) is 0 Å². The summed E-state index contributed by atoms with van der Waals surface area (Å²) in [6, 6.07) is 0. The summed E-state index contributed by atoms with van der Waals surface area (Å²) in [5.41, 5.74) is 5.13. The Morgan fingerprint density at radius 3 is 2.17 bits per heavy atom. The van der Waals surface area contributed by atoms with Crippen molar-refractivity contribution in [2.24, 2.45) is 16.6 Å². The molecular weight excluding hydrogens is 150 g/mol. The van der Waals surface area contributed by atoms with Crippen molar-refractivity contribution in [2.45, 2.75) is 32.1 Å². The lowest BCUT2D eigenvalue weighted by molar-refractivity contribution is -0.124. The highest BCUT2D eigenvalue weighted by Crippen LogP contribution is 2.63. The second-order valence-corrected chi connectivity index (χ2v) is 4.27. The number of amides is 1. The smallest absolute Gasteiger partial charge is 0.235 e. The molecule has 0 heterocycles. The van der Waals surface area contributed by atoms with Crippen molar-refractivity contribution in [3.8, 4) is 12.3 Å². The zero-order valence-electron chi connectivity index (χ0n) is 7.10. The van der Waals surface area contributed by atoms with Crippen LogP contribution in [0.2, 0.25) is 0 Å². The summed E-state index contributed by atoms with van der Waals surface area (Å²) in [5.74, 6) is 2.30. The normalized spacial score (nSPS) is 36.2. The minimum absolute atomic E-state index is 0.297. The standard InChI is InChI=1S/C10H13NO/c1-2-10(8(11)12)6-5-9(7-10)3-4-9/h1H,3-7H2,(H2,11,12)/t10-/m1/s1. The topological polar surface area (TPSA) is 43.1 Å². The summed E-state index contributed by atoms with van der Waals surface area (Å²) in [6.07, 6.45) is 10.6. The highest BCUT2D eigenvalue weighted by atomic mass is 16.1. The van der Waals surface area contributed by atoms with Crippen LogP contribution in [-0.4, -0.2) is 5.91 Å². The van der Waals surface area contributed by atoms with Crippen LogP contribution >= 0.6 is 0 Å². The van der Waals surface area contributed by atoms with Crippen LogP contribution < -0.4 is 5.73 Å². The Morgan fingerprint density at radius 2 is 1.92 bits per heavy atom. The number of hydrogen-bond acceptors (Lipinski definition) is 1. The monoisotopic (exact) mass is 163 g/mol. The van der Waals surface area contributed by atoms with Crippen LogP contribution in [0, 0.1) is 23.2 Å². The maximum absolute atomic E-state index is 11.1. The van der Waals surface area contributed by atoms with E-state index in [4.69, 9.17) is 12.2 Å². The Hall–Kier alpha value is -0.970. The van der Waals surface area contributed by atoms with Gasteiger partial charge in [-0.3, -0.25) is 4.79 Å². The van der Waals surface area contributed by atoms with Crippen molar-refractivity contribution in [1.29, 1.82) is 0 Å². The molecule has 2 fully saturated rings. The minimum Gasteiger partial charge on any atom is -0.368 e. The molecule has 12 heavy (non-hydrogen) atoms. The second kappa shape index (κ2) is 2.04. The molecule has 2 N–H and O–H groups in total. The third kappa shape index (κ3) is 0.859. The number of hydrogen-bond donors (Lipinski definition) is 1. The van der Waals surface area contributed by atoms with E-state index in [2.05, 4.69) is 5.92 Å². The highest BCUT2D eigenvalue weighted by molar-refractivity contribution is 5.84. The maximum Gasteiger partial charge on any atom is 0.235 e. The first-order chi connectivity index (χ1) is 5.63. The third-order valence-electron chi connectivity index (χ3n) is 3.46. The third-order valence-corrected chi connectivity index (χ3v) is 3.46. The van der Waals surface area contributed by atoms with Gasteiger partial charge in [-0.25, -0.2) is 0 Å². The van der Waals surface area contributed by atoms with E-state index < -0.39 is 5.41 Å². The molecule has 0 aromatic carbocycles. The molecule has 0 aromatic heterocycles. The zero-order valence-corrected chi connectivity index (χ0v) is 7.10. The van der Waals surface area contributed by atoms with Crippen LogP contribution in [0.4, 0.5) is 0 Å². The van der Waals surface area contributed by atoms with Gasteiger partial charge in [0.15, 0.2) is 0 Å². The molecule has 1 spiro atoms. The van der Waals surface area contributed by atoms with Gasteiger partial charge in [-0.15, -0.1) is 6.42 Å². The predicted molar refractivity (Wildman–Crippen MR) is 46.0 cm³/mol. The van der Waals surface area contributed by atoms with E-state index in [-0.39, 0.29) is 5.91 Å². The van der Waals surface area contributed by atoms with Crippen LogP contribution in [-0.2, 0) is 4.79 Å². The summed E-state index contributed by atoms with van der Waals surface area (Å²) < 4.78 is 0. The molecule has 1 amide bonds. The Balaban J connectivity index is 2.22. The number of carbonyl (C=O) groups excluding carboxylic acids is 1. The molecule has 1 atom stereocenters. The van der Waals surface area contributed by atoms with Crippen LogP contribution in [0.25, 0.3) is 0 Å². The Bertz CT molecular complexity index is 272. The summed E-state index contributed by atoms with van der Waals surface area (Å²) in [7, 11) is 0. The zero-order chi connectivity index (χ0) is 8.82. The van der Waals surface area contributed by atoms with E-state index in [0.717, 1.165) is 19.3 Å². The molecule has 0 bridgehead atoms. The second-order valence-electron chi connectivity index (χ2n) is 4.27. The highest BCUT2D eigenvalue weighted by Gasteiger charge is 2.56. The lowest BCUT2D eigenvalue weighted by Crippen LogP contribution is -2.33. The Morgan fingerprint density at radius 1 is 1.33 bits per heavy atom. The van der Waals surface area contributed by atoms with E-state index in [1.54, 1.807) is 0 Å². The maximum atomic E-state index is 11.1. The fourth-order valence-electron chi connectivity index (χ4n) is 2.30. The molecule has 0 radical (unpaired) electrons. The quantitative estimate of drug-likeness (QED) is 0.577. The van der Waals surface area contributed by atoms with E-state index in [1.807, 2.05) is 0 Å². The lowest BCUT2D eigenvalue weighted by Gasteiger charge is -2.17. The molecule has 0 aliphatic heterocycles. The molecule has 2 aliphatic carbocycles. The van der Waals surface area contributed by atoms with Gasteiger partial charge in [-0.05, 0) is 37.5 Å². The van der Waals surface area contributed by atoms with Crippen molar-refractivity contribution in [3.05, 3.63) is 0 Å². The predicted octanol–water partition coefficient (Wildman–Crippen LogP) is 1.06. The molecule has 0 saturated heterocycles. The molecule has 2 rings (SSSR count). The van der Waals surface area contributed by atoms with Crippen molar-refractivity contribution >= 4 is 5.91 Å². The summed E-state index contributed by atoms with van der Waals surface area (Å²) in [4.78, 5) is 11.1. The first-order valence-electron chi connectivity index (χ1n) is 4.40. The SMILES string of the molecule is C#C[C@@]1(C(N)=O)CCC2(CC2)C1. The number of nitrogens with two attached hydrogens (primary N) is 1. The summed E-state index contributed by atoms with van der Waals surface area (Å²) in [5, 5.41) is 0. The number of primary amides is 1.